The van der Waals surface area contributed by atoms with Gasteiger partial charge in [0, 0.05) is 32.1 Å². The van der Waals surface area contributed by atoms with Crippen LogP contribution in [0.1, 0.15) is 35.2 Å². The number of carbonyl (C=O) groups is 3. The number of hydrogen-bond acceptors (Lipinski definition) is 5. The van der Waals surface area contributed by atoms with Gasteiger partial charge in [0.2, 0.25) is 5.91 Å². The van der Waals surface area contributed by atoms with Crippen LogP contribution in [0, 0.1) is 0 Å². The molecule has 1 aromatic rings. The van der Waals surface area contributed by atoms with E-state index >= 15 is 0 Å². The first-order valence-corrected chi connectivity index (χ1v) is 7.34. The van der Waals surface area contributed by atoms with Crippen LogP contribution in [0.4, 0.5) is 0 Å². The average Bonchev–Trinajstić information content (AvgIpc) is 2.52. The summed E-state index contributed by atoms with van der Waals surface area (Å²) in [5.74, 6) is -1.78. The highest BCUT2D eigenvalue weighted by Crippen LogP contribution is 2.36. The van der Waals surface area contributed by atoms with Crippen molar-refractivity contribution < 1.29 is 29.2 Å². The largest absolute Gasteiger partial charge is 0.535 e. The van der Waals surface area contributed by atoms with Crippen LogP contribution in [-0.4, -0.2) is 42.0 Å². The molecule has 1 aliphatic heterocycles. The molecule has 0 aliphatic carbocycles. The summed E-state index contributed by atoms with van der Waals surface area (Å²) < 4.78 is 5.33. The summed E-state index contributed by atoms with van der Waals surface area (Å²) in [6.07, 6.45) is 0.641. The molecule has 0 radical (unpaired) electrons. The molecule has 3 N–H and O–H groups in total. The lowest BCUT2D eigenvalue weighted by Gasteiger charge is -2.28. The number of carboxylic acids is 1. The Bertz CT molecular complexity index is 632. The van der Waals surface area contributed by atoms with Gasteiger partial charge in [-0.3, -0.25) is 9.59 Å². The highest BCUT2D eigenvalue weighted by atomic mass is 16.5. The minimum absolute atomic E-state index is 0.00839. The van der Waals surface area contributed by atoms with Gasteiger partial charge in [-0.15, -0.1) is 0 Å². The molecule has 1 atom stereocenters. The molecule has 1 amide bonds. The molecule has 1 aliphatic rings. The van der Waals surface area contributed by atoms with Gasteiger partial charge >= 0.3 is 13.1 Å². The van der Waals surface area contributed by atoms with Crippen molar-refractivity contribution in [2.45, 2.75) is 31.5 Å². The van der Waals surface area contributed by atoms with E-state index in [1.165, 1.54) is 13.1 Å². The normalized spacial score (nSPS) is 16.3. The predicted molar refractivity (Wildman–Crippen MR) is 82.4 cm³/mol. The van der Waals surface area contributed by atoms with Gasteiger partial charge in [-0.2, -0.15) is 0 Å². The number of para-hydroxylation sites is 1. The standard InChI is InChI=1S/C15H18BNO6/c1-17-13(19)6-5-11(18)8-10-7-9-3-2-4-12(15(20)21)14(9)23-16(10)22/h2-4,10,22H,5-8H2,1H3,(H,17,19)(H,20,21)/t10-/m1/s1. The number of hydrogen-bond donors (Lipinski definition) is 3. The first-order valence-electron chi connectivity index (χ1n) is 7.34. The molecule has 0 bridgehead atoms. The molecule has 0 spiro atoms. The van der Waals surface area contributed by atoms with Crippen molar-refractivity contribution in [2.75, 3.05) is 7.05 Å². The van der Waals surface area contributed by atoms with E-state index in [4.69, 9.17) is 9.76 Å². The SMILES string of the molecule is CNC(=O)CCC(=O)C[C@H]1Cc2cccc(C(=O)O)c2OB1O. The molecule has 2 rings (SSSR count). The zero-order chi connectivity index (χ0) is 17.0. The second-order valence-corrected chi connectivity index (χ2v) is 5.49. The summed E-state index contributed by atoms with van der Waals surface area (Å²) in [6, 6.07) is 4.73. The maximum absolute atomic E-state index is 11.9. The molecule has 1 aromatic carbocycles. The Morgan fingerprint density at radius 1 is 1.35 bits per heavy atom. The highest BCUT2D eigenvalue weighted by Gasteiger charge is 2.37. The van der Waals surface area contributed by atoms with Crippen LogP contribution < -0.4 is 9.97 Å². The van der Waals surface area contributed by atoms with E-state index in [1.807, 2.05) is 0 Å². The number of aromatic carboxylic acids is 1. The van der Waals surface area contributed by atoms with Crippen LogP contribution in [0.2, 0.25) is 5.82 Å². The van der Waals surface area contributed by atoms with Crippen molar-refractivity contribution in [3.8, 4) is 5.75 Å². The van der Waals surface area contributed by atoms with Crippen molar-refractivity contribution in [3.63, 3.8) is 0 Å². The van der Waals surface area contributed by atoms with Crippen LogP contribution in [-0.2, 0) is 16.0 Å². The minimum Gasteiger partial charge on any atom is -0.535 e. The number of carbonyl (C=O) groups excluding carboxylic acids is 2. The van der Waals surface area contributed by atoms with Crippen molar-refractivity contribution in [2.24, 2.45) is 0 Å². The van der Waals surface area contributed by atoms with Crippen molar-refractivity contribution in [1.82, 2.24) is 5.32 Å². The molecule has 23 heavy (non-hydrogen) atoms. The second-order valence-electron chi connectivity index (χ2n) is 5.49. The monoisotopic (exact) mass is 319 g/mol. The first kappa shape index (κ1) is 17.0. The molecule has 0 saturated heterocycles. The summed E-state index contributed by atoms with van der Waals surface area (Å²) in [7, 11) is 0.259. The summed E-state index contributed by atoms with van der Waals surface area (Å²) >= 11 is 0. The van der Waals surface area contributed by atoms with E-state index in [2.05, 4.69) is 5.32 Å². The third-order valence-corrected chi connectivity index (χ3v) is 3.85. The topological polar surface area (TPSA) is 113 Å². The number of fused-ring (bicyclic) bond motifs is 1. The van der Waals surface area contributed by atoms with E-state index in [-0.39, 0.29) is 42.3 Å². The fourth-order valence-corrected chi connectivity index (χ4v) is 2.60. The number of amides is 1. The van der Waals surface area contributed by atoms with E-state index < -0.39 is 18.9 Å². The smallest absolute Gasteiger partial charge is 0.526 e. The van der Waals surface area contributed by atoms with Gasteiger partial charge in [0.05, 0.1) is 5.56 Å². The second kappa shape index (κ2) is 7.28. The number of Topliss-reactive ketones (excluding diaryl/α,β-unsaturated/α-hetero) is 1. The van der Waals surface area contributed by atoms with Gasteiger partial charge in [-0.1, -0.05) is 12.1 Å². The van der Waals surface area contributed by atoms with Gasteiger partial charge in [0.15, 0.2) is 0 Å². The molecule has 0 fully saturated rings. The molecule has 0 unspecified atom stereocenters. The minimum atomic E-state index is -1.24. The third-order valence-electron chi connectivity index (χ3n) is 3.85. The fraction of sp³-hybridized carbons (Fsp3) is 0.400. The Hall–Kier alpha value is -2.35. The number of rotatable bonds is 6. The zero-order valence-corrected chi connectivity index (χ0v) is 12.7. The Morgan fingerprint density at radius 3 is 2.74 bits per heavy atom. The first-order chi connectivity index (χ1) is 10.9. The molecular formula is C15H18BNO6. The van der Waals surface area contributed by atoms with Crippen molar-refractivity contribution in [1.29, 1.82) is 0 Å². The molecule has 8 heteroatoms. The fourth-order valence-electron chi connectivity index (χ4n) is 2.60. The lowest BCUT2D eigenvalue weighted by atomic mass is 9.64. The molecule has 1 heterocycles. The molecule has 122 valence electrons. The van der Waals surface area contributed by atoms with Crippen molar-refractivity contribution in [3.05, 3.63) is 29.3 Å². The van der Waals surface area contributed by atoms with Gasteiger partial charge in [0.25, 0.3) is 0 Å². The lowest BCUT2D eigenvalue weighted by Crippen LogP contribution is -2.36. The van der Waals surface area contributed by atoms with Crippen LogP contribution in [0.25, 0.3) is 0 Å². The van der Waals surface area contributed by atoms with Gasteiger partial charge < -0.3 is 20.1 Å². The van der Waals surface area contributed by atoms with E-state index in [0.29, 0.717) is 12.0 Å². The van der Waals surface area contributed by atoms with Crippen molar-refractivity contribution >= 4 is 24.8 Å². The summed E-state index contributed by atoms with van der Waals surface area (Å²) in [5.41, 5.74) is 0.644. The van der Waals surface area contributed by atoms with Crippen LogP contribution in [0.3, 0.4) is 0 Å². The van der Waals surface area contributed by atoms with E-state index in [9.17, 15) is 19.4 Å². The number of carboxylic acid groups (broad SMARTS) is 1. The Morgan fingerprint density at radius 2 is 2.09 bits per heavy atom. The third kappa shape index (κ3) is 4.10. The van der Waals surface area contributed by atoms with Crippen LogP contribution in [0.15, 0.2) is 18.2 Å². The maximum Gasteiger partial charge on any atom is 0.526 e. The van der Waals surface area contributed by atoms with Crippen LogP contribution >= 0.6 is 0 Å². The number of benzene rings is 1. The summed E-state index contributed by atoms with van der Waals surface area (Å²) in [5, 5.41) is 21.6. The summed E-state index contributed by atoms with van der Waals surface area (Å²) in [4.78, 5) is 34.2. The lowest BCUT2D eigenvalue weighted by molar-refractivity contribution is -0.125. The number of ketones is 1. The molecular weight excluding hydrogens is 301 g/mol. The van der Waals surface area contributed by atoms with Crippen LogP contribution in [0.5, 0.6) is 5.75 Å². The highest BCUT2D eigenvalue weighted by molar-refractivity contribution is 6.47. The zero-order valence-electron chi connectivity index (χ0n) is 12.7. The summed E-state index contributed by atoms with van der Waals surface area (Å²) in [6.45, 7) is 0. The van der Waals surface area contributed by atoms with E-state index in [0.717, 1.165) is 0 Å². The Kier molecular flexibility index (Phi) is 5.38. The quantitative estimate of drug-likeness (QED) is 0.664. The molecule has 0 aromatic heterocycles. The Labute approximate surface area is 133 Å². The van der Waals surface area contributed by atoms with Gasteiger partial charge in [-0.05, 0) is 18.1 Å². The average molecular weight is 319 g/mol. The number of nitrogens with one attached hydrogen (secondary N) is 1. The molecule has 7 nitrogen and oxygen atoms in total. The Balaban J connectivity index is 2.04. The van der Waals surface area contributed by atoms with Gasteiger partial charge in [0.1, 0.15) is 11.5 Å². The maximum atomic E-state index is 11.9. The van der Waals surface area contributed by atoms with E-state index in [1.54, 1.807) is 12.1 Å². The van der Waals surface area contributed by atoms with Gasteiger partial charge in [-0.25, -0.2) is 4.79 Å². The molecule has 0 saturated carbocycles. The predicted octanol–water partition coefficient (Wildman–Crippen LogP) is 0.656.